The molecular weight excluding hydrogens is 360 g/mol. The molecule has 1 atom stereocenters. The first-order valence-electron chi connectivity index (χ1n) is 8.72. The van der Waals surface area contributed by atoms with Gasteiger partial charge in [-0.15, -0.1) is 11.3 Å². The Kier molecular flexibility index (Phi) is 4.81. The summed E-state index contributed by atoms with van der Waals surface area (Å²) in [4.78, 5) is 20.4. The molecule has 0 bridgehead atoms. The van der Waals surface area contributed by atoms with Gasteiger partial charge in [-0.1, -0.05) is 6.07 Å². The molecule has 1 aliphatic rings. The van der Waals surface area contributed by atoms with E-state index in [-0.39, 0.29) is 11.9 Å². The lowest BCUT2D eigenvalue weighted by molar-refractivity contribution is 0.0696. The van der Waals surface area contributed by atoms with Crippen LogP contribution >= 0.6 is 11.3 Å². The van der Waals surface area contributed by atoms with Gasteiger partial charge in [0.25, 0.3) is 5.91 Å². The third-order valence-corrected chi connectivity index (χ3v) is 5.78. The van der Waals surface area contributed by atoms with E-state index >= 15 is 0 Å². The molecule has 0 fully saturated rings. The summed E-state index contributed by atoms with van der Waals surface area (Å²) in [6, 6.07) is 11.6. The number of aromatic nitrogens is 1. The van der Waals surface area contributed by atoms with Gasteiger partial charge >= 0.3 is 0 Å². The first-order chi connectivity index (χ1) is 13.2. The van der Waals surface area contributed by atoms with Crippen molar-refractivity contribution in [3.05, 3.63) is 75.7 Å². The largest absolute Gasteiger partial charge is 0.493 e. The highest BCUT2D eigenvalue weighted by Gasteiger charge is 2.34. The molecule has 0 unspecified atom stereocenters. The number of carbonyl (C=O) groups excluding carboxylic acids is 1. The van der Waals surface area contributed by atoms with Crippen LogP contribution in [0.5, 0.6) is 11.5 Å². The van der Waals surface area contributed by atoms with Crippen LogP contribution in [0.25, 0.3) is 0 Å². The smallest absolute Gasteiger partial charge is 0.256 e. The normalized spacial score (nSPS) is 15.9. The van der Waals surface area contributed by atoms with Crippen LogP contribution in [0.1, 0.15) is 32.4 Å². The number of thiophene rings is 1. The van der Waals surface area contributed by atoms with Crippen molar-refractivity contribution >= 4 is 17.2 Å². The van der Waals surface area contributed by atoms with Crippen LogP contribution in [0.3, 0.4) is 0 Å². The van der Waals surface area contributed by atoms with E-state index in [1.54, 1.807) is 44.0 Å². The molecule has 0 radical (unpaired) electrons. The fourth-order valence-electron chi connectivity index (χ4n) is 3.57. The van der Waals surface area contributed by atoms with Crippen LogP contribution in [0.15, 0.2) is 54.2 Å². The number of carbonyl (C=O) groups is 1. The molecule has 3 heterocycles. The van der Waals surface area contributed by atoms with E-state index in [0.717, 1.165) is 16.9 Å². The molecule has 0 N–H and O–H groups in total. The fourth-order valence-corrected chi connectivity index (χ4v) is 4.43. The number of hydrogen-bond donors (Lipinski definition) is 0. The number of fused-ring (bicyclic) bond motifs is 1. The van der Waals surface area contributed by atoms with Crippen LogP contribution < -0.4 is 9.47 Å². The zero-order valence-corrected chi connectivity index (χ0v) is 16.0. The van der Waals surface area contributed by atoms with Crippen molar-refractivity contribution in [2.75, 3.05) is 20.8 Å². The van der Waals surface area contributed by atoms with Gasteiger partial charge in [0, 0.05) is 23.8 Å². The molecule has 0 saturated heterocycles. The number of nitrogens with zero attached hydrogens (tertiary/aromatic N) is 2. The monoisotopic (exact) mass is 380 g/mol. The lowest BCUT2D eigenvalue weighted by Gasteiger charge is -2.37. The van der Waals surface area contributed by atoms with Crippen molar-refractivity contribution in [3.8, 4) is 11.5 Å². The molecule has 4 rings (SSSR count). The van der Waals surface area contributed by atoms with Gasteiger partial charge in [0.2, 0.25) is 0 Å². The number of rotatable bonds is 4. The van der Waals surface area contributed by atoms with Crippen LogP contribution in [0, 0.1) is 0 Å². The maximum absolute atomic E-state index is 13.2. The molecule has 6 heteroatoms. The second kappa shape index (κ2) is 7.40. The van der Waals surface area contributed by atoms with Crippen molar-refractivity contribution < 1.29 is 14.3 Å². The Morgan fingerprint density at radius 2 is 2.00 bits per heavy atom. The standard InChI is InChI=1S/C21H20N2O3S/c1-25-17-11-14-7-9-23(21(24)15-5-3-8-22-13-15)20(19-6-4-10-27-19)16(14)12-18(17)26-2/h3-6,8,10-13,20H,7,9H2,1-2H3/t20-/m1/s1. The highest BCUT2D eigenvalue weighted by Crippen LogP contribution is 2.42. The molecule has 0 aliphatic carbocycles. The Hall–Kier alpha value is -2.86. The van der Waals surface area contributed by atoms with E-state index in [2.05, 4.69) is 11.1 Å². The maximum atomic E-state index is 13.2. The molecular formula is C21H20N2O3S. The Morgan fingerprint density at radius 3 is 2.67 bits per heavy atom. The Labute approximate surface area is 162 Å². The summed E-state index contributed by atoms with van der Waals surface area (Å²) >= 11 is 1.65. The topological polar surface area (TPSA) is 51.7 Å². The zero-order chi connectivity index (χ0) is 18.8. The summed E-state index contributed by atoms with van der Waals surface area (Å²) in [5, 5.41) is 2.04. The zero-order valence-electron chi connectivity index (χ0n) is 15.2. The summed E-state index contributed by atoms with van der Waals surface area (Å²) in [5.74, 6) is 1.38. The fraction of sp³-hybridized carbons (Fsp3) is 0.238. The summed E-state index contributed by atoms with van der Waals surface area (Å²) < 4.78 is 11.0. The van der Waals surface area contributed by atoms with E-state index in [0.29, 0.717) is 23.6 Å². The molecule has 0 spiro atoms. The van der Waals surface area contributed by atoms with Crippen LogP contribution in [0.4, 0.5) is 0 Å². The maximum Gasteiger partial charge on any atom is 0.256 e. The molecule has 27 heavy (non-hydrogen) atoms. The predicted molar refractivity (Wildman–Crippen MR) is 105 cm³/mol. The Morgan fingerprint density at radius 1 is 1.19 bits per heavy atom. The second-order valence-corrected chi connectivity index (χ2v) is 7.29. The van der Waals surface area contributed by atoms with Crippen LogP contribution in [0.2, 0.25) is 0 Å². The summed E-state index contributed by atoms with van der Waals surface area (Å²) in [6.07, 6.45) is 4.07. The van der Waals surface area contributed by atoms with Crippen molar-refractivity contribution in [1.82, 2.24) is 9.88 Å². The van der Waals surface area contributed by atoms with Gasteiger partial charge in [0.05, 0.1) is 25.8 Å². The second-order valence-electron chi connectivity index (χ2n) is 6.31. The van der Waals surface area contributed by atoms with Gasteiger partial charge in [-0.05, 0) is 53.3 Å². The van der Waals surface area contributed by atoms with Crippen LogP contribution in [-0.2, 0) is 6.42 Å². The highest BCUT2D eigenvalue weighted by molar-refractivity contribution is 7.10. The quantitative estimate of drug-likeness (QED) is 0.688. The molecule has 1 aromatic carbocycles. The molecule has 1 amide bonds. The minimum absolute atomic E-state index is 0.0121. The summed E-state index contributed by atoms with van der Waals surface area (Å²) in [5.41, 5.74) is 2.86. The van der Waals surface area contributed by atoms with E-state index in [4.69, 9.17) is 9.47 Å². The van der Waals surface area contributed by atoms with Gasteiger partial charge in [-0.3, -0.25) is 9.78 Å². The summed E-state index contributed by atoms with van der Waals surface area (Å²) in [7, 11) is 3.27. The molecule has 5 nitrogen and oxygen atoms in total. The lowest BCUT2D eigenvalue weighted by atomic mass is 9.90. The highest BCUT2D eigenvalue weighted by atomic mass is 32.1. The van der Waals surface area contributed by atoms with E-state index in [1.807, 2.05) is 34.5 Å². The van der Waals surface area contributed by atoms with Crippen molar-refractivity contribution in [3.63, 3.8) is 0 Å². The average Bonchev–Trinajstić information content (AvgIpc) is 3.26. The minimum atomic E-state index is -0.152. The van der Waals surface area contributed by atoms with E-state index in [9.17, 15) is 4.79 Å². The van der Waals surface area contributed by atoms with Gasteiger partial charge in [-0.25, -0.2) is 0 Å². The lowest BCUT2D eigenvalue weighted by Crippen LogP contribution is -2.40. The summed E-state index contributed by atoms with van der Waals surface area (Å²) in [6.45, 7) is 0.638. The molecule has 3 aromatic rings. The van der Waals surface area contributed by atoms with Gasteiger partial charge in [-0.2, -0.15) is 0 Å². The van der Waals surface area contributed by atoms with Crippen LogP contribution in [-0.4, -0.2) is 36.6 Å². The third-order valence-electron chi connectivity index (χ3n) is 4.86. The Bertz CT molecular complexity index is 942. The number of amides is 1. The molecule has 1 aliphatic heterocycles. The average molecular weight is 380 g/mol. The number of benzene rings is 1. The SMILES string of the molecule is COc1cc2c(cc1OC)[C@H](c1cccs1)N(C(=O)c1cccnc1)CC2. The van der Waals surface area contributed by atoms with Gasteiger partial charge in [0.1, 0.15) is 0 Å². The predicted octanol–water partition coefficient (Wildman–Crippen LogP) is 3.95. The van der Waals surface area contributed by atoms with Gasteiger partial charge in [0.15, 0.2) is 11.5 Å². The Balaban J connectivity index is 1.82. The molecule has 0 saturated carbocycles. The number of ether oxygens (including phenoxy) is 2. The minimum Gasteiger partial charge on any atom is -0.493 e. The first-order valence-corrected chi connectivity index (χ1v) is 9.60. The third kappa shape index (κ3) is 3.17. The van der Waals surface area contributed by atoms with Crippen molar-refractivity contribution in [2.24, 2.45) is 0 Å². The number of hydrogen-bond acceptors (Lipinski definition) is 5. The van der Waals surface area contributed by atoms with E-state index < -0.39 is 0 Å². The van der Waals surface area contributed by atoms with E-state index in [1.165, 1.54) is 5.56 Å². The van der Waals surface area contributed by atoms with Crippen molar-refractivity contribution in [1.29, 1.82) is 0 Å². The van der Waals surface area contributed by atoms with Crippen molar-refractivity contribution in [2.45, 2.75) is 12.5 Å². The number of methoxy groups -OCH3 is 2. The molecule has 2 aromatic heterocycles. The number of pyridine rings is 1. The molecule has 138 valence electrons. The van der Waals surface area contributed by atoms with Gasteiger partial charge < -0.3 is 14.4 Å². The first kappa shape index (κ1) is 17.5.